The first-order chi connectivity index (χ1) is 6.83. The van der Waals surface area contributed by atoms with Gasteiger partial charge in [0.1, 0.15) is 0 Å². The average Bonchev–Trinajstić information content (AvgIpc) is 2.21. The van der Waals surface area contributed by atoms with Gasteiger partial charge in [-0.3, -0.25) is 0 Å². The second kappa shape index (κ2) is 7.69. The zero-order valence-electron chi connectivity index (χ0n) is 10.0. The maximum Gasteiger partial charge on any atom is -0.0356 e. The van der Waals surface area contributed by atoms with Crippen LogP contribution >= 0.6 is 8.58 Å². The Bertz CT molecular complexity index is 125. The van der Waals surface area contributed by atoms with Gasteiger partial charge in [0.2, 0.25) is 0 Å². The number of rotatable bonds is 6. The van der Waals surface area contributed by atoms with Crippen LogP contribution in [0.5, 0.6) is 0 Å². The van der Waals surface area contributed by atoms with Crippen molar-refractivity contribution in [1.29, 1.82) is 0 Å². The minimum Gasteiger partial charge on any atom is -0.125 e. The van der Waals surface area contributed by atoms with E-state index in [9.17, 15) is 0 Å². The van der Waals surface area contributed by atoms with Gasteiger partial charge >= 0.3 is 0 Å². The molecule has 84 valence electrons. The Balaban J connectivity index is 1.91. The smallest absolute Gasteiger partial charge is 0.0356 e. The van der Waals surface area contributed by atoms with E-state index < -0.39 is 0 Å². The van der Waals surface area contributed by atoms with E-state index in [0.717, 1.165) is 11.8 Å². The third-order valence-corrected chi connectivity index (χ3v) is 4.53. The van der Waals surface area contributed by atoms with E-state index in [1.807, 2.05) is 0 Å². The van der Waals surface area contributed by atoms with Gasteiger partial charge < -0.3 is 0 Å². The molecule has 0 aromatic heterocycles. The van der Waals surface area contributed by atoms with Gasteiger partial charge in [-0.2, -0.15) is 0 Å². The van der Waals surface area contributed by atoms with Gasteiger partial charge in [-0.05, 0) is 31.1 Å². The van der Waals surface area contributed by atoms with Gasteiger partial charge in [-0.1, -0.05) is 51.9 Å². The van der Waals surface area contributed by atoms with Crippen molar-refractivity contribution in [3.8, 4) is 0 Å². The predicted octanol–water partition coefficient (Wildman–Crippen LogP) is 4.68. The molecule has 0 heterocycles. The summed E-state index contributed by atoms with van der Waals surface area (Å²) in [6, 6.07) is 0. The molecule has 0 saturated heterocycles. The van der Waals surface area contributed by atoms with Crippen LogP contribution in [-0.2, 0) is 0 Å². The largest absolute Gasteiger partial charge is 0.125 e. The van der Waals surface area contributed by atoms with Crippen molar-refractivity contribution >= 4 is 8.58 Å². The van der Waals surface area contributed by atoms with Gasteiger partial charge in [0, 0.05) is 0 Å². The van der Waals surface area contributed by atoms with Gasteiger partial charge in [0.05, 0.1) is 0 Å². The van der Waals surface area contributed by atoms with E-state index in [0.29, 0.717) is 0 Å². The third-order valence-electron chi connectivity index (χ3n) is 3.67. The quantitative estimate of drug-likeness (QED) is 0.445. The monoisotopic (exact) mass is 214 g/mol. The molecule has 14 heavy (non-hydrogen) atoms. The fourth-order valence-corrected chi connectivity index (χ4v) is 3.13. The highest BCUT2D eigenvalue weighted by atomic mass is 31.1. The second-order valence-electron chi connectivity index (χ2n) is 5.08. The molecule has 1 aliphatic carbocycles. The van der Waals surface area contributed by atoms with E-state index in [2.05, 4.69) is 13.6 Å². The van der Waals surface area contributed by atoms with Crippen LogP contribution in [0.2, 0.25) is 0 Å². The van der Waals surface area contributed by atoms with Crippen molar-refractivity contribution < 1.29 is 0 Å². The summed E-state index contributed by atoms with van der Waals surface area (Å²) in [6.07, 6.45) is 13.5. The van der Waals surface area contributed by atoms with Crippen molar-refractivity contribution in [2.24, 2.45) is 11.8 Å². The van der Waals surface area contributed by atoms with Crippen LogP contribution in [0, 0.1) is 11.8 Å². The van der Waals surface area contributed by atoms with Gasteiger partial charge in [0.25, 0.3) is 0 Å². The maximum atomic E-state index is 2.42. The van der Waals surface area contributed by atoms with Crippen LogP contribution in [0.1, 0.15) is 58.3 Å². The molecule has 1 heteroatoms. The van der Waals surface area contributed by atoms with Crippen molar-refractivity contribution in [2.45, 2.75) is 58.3 Å². The first kappa shape index (κ1) is 12.5. The molecule has 0 spiro atoms. The van der Waals surface area contributed by atoms with Crippen molar-refractivity contribution in [3.63, 3.8) is 0 Å². The lowest BCUT2D eigenvalue weighted by molar-refractivity contribution is 0.272. The molecule has 1 aliphatic rings. The molecule has 0 nitrogen and oxygen atoms in total. The van der Waals surface area contributed by atoms with E-state index in [4.69, 9.17) is 0 Å². The molecule has 1 saturated carbocycles. The van der Waals surface area contributed by atoms with Crippen molar-refractivity contribution in [3.05, 3.63) is 0 Å². The van der Waals surface area contributed by atoms with Gasteiger partial charge in [-0.25, -0.2) is 0 Å². The predicted molar refractivity (Wildman–Crippen MR) is 68.7 cm³/mol. The van der Waals surface area contributed by atoms with E-state index in [1.54, 1.807) is 0 Å². The molecule has 0 aromatic carbocycles. The molecule has 0 bridgehead atoms. The summed E-state index contributed by atoms with van der Waals surface area (Å²) in [7, 11) is 1.17. The molecule has 0 radical (unpaired) electrons. The van der Waals surface area contributed by atoms with E-state index in [-0.39, 0.29) is 0 Å². The summed E-state index contributed by atoms with van der Waals surface area (Å²) in [5.41, 5.74) is 0. The van der Waals surface area contributed by atoms with Crippen LogP contribution in [0.4, 0.5) is 0 Å². The molecule has 0 N–H and O–H groups in total. The fourth-order valence-electron chi connectivity index (χ4n) is 2.53. The Hall–Kier alpha value is 0.430. The molecule has 0 aliphatic heterocycles. The minimum atomic E-state index is 1.02. The lowest BCUT2D eigenvalue weighted by Gasteiger charge is -2.25. The molecule has 0 amide bonds. The molecule has 0 aromatic rings. The van der Waals surface area contributed by atoms with Crippen LogP contribution in [0.25, 0.3) is 0 Å². The number of hydrogen-bond acceptors (Lipinski definition) is 0. The highest BCUT2D eigenvalue weighted by molar-refractivity contribution is 7.36. The SMILES string of the molecule is CPCCCCCC1CCC(C)CC1. The molecular formula is C13H27P. The highest BCUT2D eigenvalue weighted by Crippen LogP contribution is 2.31. The van der Waals surface area contributed by atoms with Crippen LogP contribution < -0.4 is 0 Å². The molecule has 1 rings (SSSR count). The van der Waals surface area contributed by atoms with E-state index in [1.165, 1.54) is 66.1 Å². The summed E-state index contributed by atoms with van der Waals surface area (Å²) in [4.78, 5) is 0. The summed E-state index contributed by atoms with van der Waals surface area (Å²) >= 11 is 0. The van der Waals surface area contributed by atoms with E-state index >= 15 is 0 Å². The maximum absolute atomic E-state index is 2.42. The lowest BCUT2D eigenvalue weighted by atomic mass is 9.80. The summed E-state index contributed by atoms with van der Waals surface area (Å²) in [5.74, 6) is 2.11. The van der Waals surface area contributed by atoms with Crippen LogP contribution in [0.3, 0.4) is 0 Å². The molecule has 1 fully saturated rings. The molecule has 1 unspecified atom stereocenters. The number of unbranched alkanes of at least 4 members (excludes halogenated alkanes) is 2. The highest BCUT2D eigenvalue weighted by Gasteiger charge is 2.17. The minimum absolute atomic E-state index is 1.02. The molecule has 1 atom stereocenters. The van der Waals surface area contributed by atoms with Gasteiger partial charge in [0.15, 0.2) is 0 Å². The fraction of sp³-hybridized carbons (Fsp3) is 1.00. The molecular weight excluding hydrogens is 187 g/mol. The van der Waals surface area contributed by atoms with Crippen LogP contribution in [-0.4, -0.2) is 12.8 Å². The first-order valence-corrected chi connectivity index (χ1v) is 8.18. The Morgan fingerprint density at radius 1 is 1.00 bits per heavy atom. The zero-order chi connectivity index (χ0) is 10.2. The standard InChI is InChI=1S/C13H27P/c1-12-7-9-13(10-8-12)6-4-3-5-11-14-2/h12-14H,3-11H2,1-2H3. The third kappa shape index (κ3) is 5.35. The Kier molecular flexibility index (Phi) is 6.86. The summed E-state index contributed by atoms with van der Waals surface area (Å²) < 4.78 is 0. The Morgan fingerprint density at radius 3 is 2.36 bits per heavy atom. The first-order valence-electron chi connectivity index (χ1n) is 6.47. The van der Waals surface area contributed by atoms with Gasteiger partial charge in [-0.15, -0.1) is 8.58 Å². The summed E-state index contributed by atoms with van der Waals surface area (Å²) in [6.45, 7) is 4.74. The van der Waals surface area contributed by atoms with Crippen LogP contribution in [0.15, 0.2) is 0 Å². The van der Waals surface area contributed by atoms with Crippen molar-refractivity contribution in [1.82, 2.24) is 0 Å². The number of hydrogen-bond donors (Lipinski definition) is 0. The average molecular weight is 214 g/mol. The zero-order valence-corrected chi connectivity index (χ0v) is 11.0. The topological polar surface area (TPSA) is 0 Å². The van der Waals surface area contributed by atoms with Crippen molar-refractivity contribution in [2.75, 3.05) is 12.8 Å². The lowest BCUT2D eigenvalue weighted by Crippen LogP contribution is -2.12. The summed E-state index contributed by atoms with van der Waals surface area (Å²) in [5, 5.41) is 0. The normalized spacial score (nSPS) is 28.7. The Morgan fingerprint density at radius 2 is 1.71 bits per heavy atom. The second-order valence-corrected chi connectivity index (χ2v) is 6.29. The Labute approximate surface area is 92.0 Å².